The normalized spacial score (nSPS) is 32.3. The SMILES string of the molecule is CC(C)(OC1CCC(Cl)CC1)C(=O)NC1CCC([N+](=O)[O-])CC1. The fourth-order valence-corrected chi connectivity index (χ4v) is 3.65. The van der Waals surface area contributed by atoms with Gasteiger partial charge in [-0.25, -0.2) is 0 Å². The first-order valence-corrected chi connectivity index (χ1v) is 8.98. The summed E-state index contributed by atoms with van der Waals surface area (Å²) in [6.07, 6.45) is 6.07. The van der Waals surface area contributed by atoms with Gasteiger partial charge in [-0.05, 0) is 52.4 Å². The molecule has 0 atom stereocenters. The first-order chi connectivity index (χ1) is 10.8. The maximum absolute atomic E-state index is 12.5. The van der Waals surface area contributed by atoms with Gasteiger partial charge in [-0.15, -0.1) is 11.6 Å². The molecule has 1 amide bonds. The maximum Gasteiger partial charge on any atom is 0.251 e. The van der Waals surface area contributed by atoms with Crippen LogP contribution in [0.2, 0.25) is 0 Å². The number of rotatable bonds is 5. The van der Waals surface area contributed by atoms with Gasteiger partial charge < -0.3 is 10.1 Å². The van der Waals surface area contributed by atoms with Crippen molar-refractivity contribution in [2.75, 3.05) is 0 Å². The van der Waals surface area contributed by atoms with E-state index in [0.717, 1.165) is 25.7 Å². The van der Waals surface area contributed by atoms with Crippen LogP contribution in [0, 0.1) is 10.1 Å². The lowest BCUT2D eigenvalue weighted by molar-refractivity contribution is -0.526. The molecule has 23 heavy (non-hydrogen) atoms. The van der Waals surface area contributed by atoms with Crippen LogP contribution in [0.15, 0.2) is 0 Å². The molecule has 1 N–H and O–H groups in total. The highest BCUT2D eigenvalue weighted by Gasteiger charge is 2.36. The zero-order valence-corrected chi connectivity index (χ0v) is 14.7. The van der Waals surface area contributed by atoms with Crippen LogP contribution in [0.4, 0.5) is 0 Å². The van der Waals surface area contributed by atoms with Gasteiger partial charge in [0.15, 0.2) is 0 Å². The maximum atomic E-state index is 12.5. The molecular weight excluding hydrogens is 320 g/mol. The number of carbonyl (C=O) groups excluding carboxylic acids is 1. The third-order valence-corrected chi connectivity index (χ3v) is 5.38. The lowest BCUT2D eigenvalue weighted by atomic mass is 9.91. The van der Waals surface area contributed by atoms with Gasteiger partial charge in [0.25, 0.3) is 5.91 Å². The summed E-state index contributed by atoms with van der Waals surface area (Å²) in [5, 5.41) is 14.0. The van der Waals surface area contributed by atoms with Crippen molar-refractivity contribution in [3.8, 4) is 0 Å². The third kappa shape index (κ3) is 5.31. The van der Waals surface area contributed by atoms with E-state index < -0.39 is 11.6 Å². The number of ether oxygens (including phenoxy) is 1. The molecule has 2 fully saturated rings. The summed E-state index contributed by atoms with van der Waals surface area (Å²) in [5.41, 5.74) is -0.885. The van der Waals surface area contributed by atoms with E-state index in [1.54, 1.807) is 13.8 Å². The fraction of sp³-hybridized carbons (Fsp3) is 0.938. The molecule has 2 saturated carbocycles. The lowest BCUT2D eigenvalue weighted by Gasteiger charge is -2.34. The molecule has 0 saturated heterocycles. The number of halogens is 1. The van der Waals surface area contributed by atoms with Gasteiger partial charge in [-0.3, -0.25) is 14.9 Å². The van der Waals surface area contributed by atoms with E-state index in [4.69, 9.17) is 16.3 Å². The predicted octanol–water partition coefficient (Wildman–Crippen LogP) is 3.04. The molecule has 0 bridgehead atoms. The lowest BCUT2D eigenvalue weighted by Crippen LogP contribution is -2.51. The number of nitro groups is 1. The summed E-state index contributed by atoms with van der Waals surface area (Å²) < 4.78 is 6.01. The van der Waals surface area contributed by atoms with Crippen molar-refractivity contribution in [2.24, 2.45) is 0 Å². The summed E-state index contributed by atoms with van der Waals surface area (Å²) in [6, 6.07) is -0.446. The van der Waals surface area contributed by atoms with Gasteiger partial charge in [0.05, 0.1) is 6.10 Å². The first-order valence-electron chi connectivity index (χ1n) is 8.54. The van der Waals surface area contributed by atoms with Gasteiger partial charge in [-0.1, -0.05) is 0 Å². The zero-order valence-electron chi connectivity index (χ0n) is 13.9. The molecule has 6 nitrogen and oxygen atoms in total. The van der Waals surface area contributed by atoms with E-state index in [-0.39, 0.29) is 28.4 Å². The number of hydrogen-bond donors (Lipinski definition) is 1. The number of amides is 1. The number of hydrogen-bond acceptors (Lipinski definition) is 4. The number of nitrogens with one attached hydrogen (secondary N) is 1. The Hall–Kier alpha value is -0.880. The molecule has 0 aromatic rings. The second-order valence-electron chi connectivity index (χ2n) is 7.27. The van der Waals surface area contributed by atoms with E-state index in [9.17, 15) is 14.9 Å². The summed E-state index contributed by atoms with van der Waals surface area (Å²) in [6.45, 7) is 3.58. The Labute approximate surface area is 142 Å². The molecule has 0 spiro atoms. The molecule has 0 unspecified atom stereocenters. The van der Waals surface area contributed by atoms with Crippen LogP contribution >= 0.6 is 11.6 Å². The second-order valence-corrected chi connectivity index (χ2v) is 7.88. The monoisotopic (exact) mass is 346 g/mol. The van der Waals surface area contributed by atoms with Crippen molar-refractivity contribution >= 4 is 17.5 Å². The van der Waals surface area contributed by atoms with E-state index in [1.165, 1.54) is 0 Å². The molecular formula is C16H27ClN2O4. The van der Waals surface area contributed by atoms with Crippen LogP contribution in [0.5, 0.6) is 0 Å². The van der Waals surface area contributed by atoms with Crippen LogP contribution < -0.4 is 5.32 Å². The Morgan fingerprint density at radius 2 is 1.70 bits per heavy atom. The molecule has 0 aliphatic heterocycles. The molecule has 0 aromatic heterocycles. The van der Waals surface area contributed by atoms with E-state index in [1.807, 2.05) is 0 Å². The Kier molecular flexibility index (Phi) is 6.26. The molecule has 7 heteroatoms. The smallest absolute Gasteiger partial charge is 0.251 e. The van der Waals surface area contributed by atoms with Gasteiger partial charge in [-0.2, -0.15) is 0 Å². The van der Waals surface area contributed by atoms with Gasteiger partial charge in [0.1, 0.15) is 5.60 Å². The van der Waals surface area contributed by atoms with E-state index >= 15 is 0 Å². The first kappa shape index (κ1) is 18.5. The summed E-state index contributed by atoms with van der Waals surface area (Å²) in [7, 11) is 0. The third-order valence-electron chi connectivity index (χ3n) is 4.94. The van der Waals surface area contributed by atoms with Crippen molar-refractivity contribution in [3.05, 3.63) is 10.1 Å². The molecule has 2 rings (SSSR count). The average molecular weight is 347 g/mol. The standard InChI is InChI=1S/C16H27ClN2O4/c1-16(2,23-14-9-3-11(17)4-10-14)15(20)18-12-5-7-13(8-6-12)19(21)22/h11-14H,3-10H2,1-2H3,(H,18,20). The van der Waals surface area contributed by atoms with Crippen molar-refractivity contribution in [2.45, 2.75) is 94.4 Å². The number of nitrogens with zero attached hydrogens (tertiary/aromatic N) is 1. The minimum absolute atomic E-state index is 0.0140. The van der Waals surface area contributed by atoms with Crippen LogP contribution in [0.25, 0.3) is 0 Å². The highest BCUT2D eigenvalue weighted by molar-refractivity contribution is 6.20. The topological polar surface area (TPSA) is 81.5 Å². The number of carbonyl (C=O) groups is 1. The highest BCUT2D eigenvalue weighted by Crippen LogP contribution is 2.28. The Bertz CT molecular complexity index is 428. The Balaban J connectivity index is 1.78. The molecule has 0 heterocycles. The van der Waals surface area contributed by atoms with Crippen LogP contribution in [-0.2, 0) is 9.53 Å². The quantitative estimate of drug-likeness (QED) is 0.471. The molecule has 132 valence electrons. The van der Waals surface area contributed by atoms with Crippen molar-refractivity contribution in [1.29, 1.82) is 0 Å². The Morgan fingerprint density at radius 3 is 2.22 bits per heavy atom. The van der Waals surface area contributed by atoms with Crippen molar-refractivity contribution < 1.29 is 14.5 Å². The number of alkyl halides is 1. The van der Waals surface area contributed by atoms with Crippen LogP contribution in [0.3, 0.4) is 0 Å². The fourth-order valence-electron chi connectivity index (χ4n) is 3.40. The van der Waals surface area contributed by atoms with Gasteiger partial charge in [0.2, 0.25) is 6.04 Å². The molecule has 0 radical (unpaired) electrons. The van der Waals surface area contributed by atoms with Gasteiger partial charge in [0, 0.05) is 29.2 Å². The second kappa shape index (κ2) is 7.79. The summed E-state index contributed by atoms with van der Waals surface area (Å²) >= 11 is 6.10. The highest BCUT2D eigenvalue weighted by atomic mass is 35.5. The predicted molar refractivity (Wildman–Crippen MR) is 88.2 cm³/mol. The van der Waals surface area contributed by atoms with Crippen molar-refractivity contribution in [3.63, 3.8) is 0 Å². The summed E-state index contributed by atoms with van der Waals surface area (Å²) in [4.78, 5) is 23.1. The molecule has 0 aromatic carbocycles. The van der Waals surface area contributed by atoms with E-state index in [0.29, 0.717) is 25.7 Å². The molecule has 2 aliphatic carbocycles. The zero-order chi connectivity index (χ0) is 17.0. The molecule has 2 aliphatic rings. The minimum atomic E-state index is -0.885. The minimum Gasteiger partial charge on any atom is -0.363 e. The van der Waals surface area contributed by atoms with E-state index in [2.05, 4.69) is 5.32 Å². The van der Waals surface area contributed by atoms with Crippen molar-refractivity contribution in [1.82, 2.24) is 5.32 Å². The summed E-state index contributed by atoms with van der Waals surface area (Å²) in [5.74, 6) is -0.130. The van der Waals surface area contributed by atoms with Gasteiger partial charge >= 0.3 is 0 Å². The van der Waals surface area contributed by atoms with Crippen LogP contribution in [0.1, 0.15) is 65.2 Å². The van der Waals surface area contributed by atoms with Crippen LogP contribution in [-0.4, -0.2) is 40.0 Å². The largest absolute Gasteiger partial charge is 0.363 e. The Morgan fingerprint density at radius 1 is 1.13 bits per heavy atom. The average Bonchev–Trinajstić information content (AvgIpc) is 2.50.